The molecule has 2 aromatic heterocycles. The summed E-state index contributed by atoms with van der Waals surface area (Å²) in [6.45, 7) is 3.23. The van der Waals surface area contributed by atoms with E-state index in [-0.39, 0.29) is 29.9 Å². The summed E-state index contributed by atoms with van der Waals surface area (Å²) in [5.74, 6) is -0.269. The number of rotatable bonds is 5. The number of carbonyl (C=O) groups excluding carboxylic acids is 1. The third-order valence-electron chi connectivity index (χ3n) is 3.23. The van der Waals surface area contributed by atoms with E-state index in [2.05, 4.69) is 15.1 Å². The molecule has 0 unspecified atom stereocenters. The maximum atomic E-state index is 12.1. The Kier molecular flexibility index (Phi) is 4.67. The van der Waals surface area contributed by atoms with Crippen LogP contribution in [0.15, 0.2) is 17.1 Å². The van der Waals surface area contributed by atoms with Gasteiger partial charge in [-0.1, -0.05) is 0 Å². The fourth-order valence-electron chi connectivity index (χ4n) is 2.14. The zero-order valence-corrected chi connectivity index (χ0v) is 12.6. The summed E-state index contributed by atoms with van der Waals surface area (Å²) in [4.78, 5) is 30.1. The van der Waals surface area contributed by atoms with E-state index in [1.165, 1.54) is 16.9 Å². The quantitative estimate of drug-likeness (QED) is 0.855. The van der Waals surface area contributed by atoms with Gasteiger partial charge in [0.15, 0.2) is 5.78 Å². The third-order valence-corrected chi connectivity index (χ3v) is 3.23. The van der Waals surface area contributed by atoms with E-state index in [1.807, 2.05) is 0 Å². The van der Waals surface area contributed by atoms with Gasteiger partial charge >= 0.3 is 6.18 Å². The summed E-state index contributed by atoms with van der Waals surface area (Å²) < 4.78 is 37.6. The normalized spacial score (nSPS) is 11.7. The van der Waals surface area contributed by atoms with E-state index < -0.39 is 18.4 Å². The van der Waals surface area contributed by atoms with Crippen molar-refractivity contribution in [2.24, 2.45) is 0 Å². The van der Waals surface area contributed by atoms with Gasteiger partial charge in [0.05, 0.1) is 17.5 Å². The highest BCUT2D eigenvalue weighted by Gasteiger charge is 2.27. The van der Waals surface area contributed by atoms with Gasteiger partial charge in [0.2, 0.25) is 5.95 Å². The summed E-state index contributed by atoms with van der Waals surface area (Å²) in [5.41, 5.74) is 0.754. The predicted molar refractivity (Wildman–Crippen MR) is 75.7 cm³/mol. The second-order valence-electron chi connectivity index (χ2n) is 5.16. The maximum absolute atomic E-state index is 12.1. The molecule has 23 heavy (non-hydrogen) atoms. The highest BCUT2D eigenvalue weighted by Crippen LogP contribution is 2.23. The van der Waals surface area contributed by atoms with Crippen LogP contribution in [0.25, 0.3) is 5.95 Å². The minimum Gasteiger partial charge on any atom is -0.294 e. The van der Waals surface area contributed by atoms with E-state index in [0.717, 1.165) is 0 Å². The van der Waals surface area contributed by atoms with E-state index >= 15 is 0 Å². The van der Waals surface area contributed by atoms with Crippen molar-refractivity contribution in [2.45, 2.75) is 39.3 Å². The molecule has 2 heterocycles. The molecule has 0 amide bonds. The third kappa shape index (κ3) is 4.27. The number of ketones is 1. The zero-order valence-electron chi connectivity index (χ0n) is 12.6. The first-order chi connectivity index (χ1) is 10.7. The lowest BCUT2D eigenvalue weighted by molar-refractivity contribution is -0.135. The fraction of sp³-hybridized carbons (Fsp3) is 0.429. The molecule has 0 saturated carbocycles. The Balaban J connectivity index is 2.19. The molecule has 1 N–H and O–H groups in total. The number of H-pyrrole nitrogens is 1. The number of aryl methyl sites for hydroxylation is 1. The van der Waals surface area contributed by atoms with Gasteiger partial charge in [0.25, 0.3) is 5.56 Å². The van der Waals surface area contributed by atoms with Crippen LogP contribution in [0, 0.1) is 13.8 Å². The van der Waals surface area contributed by atoms with Crippen LogP contribution in [0.3, 0.4) is 0 Å². The van der Waals surface area contributed by atoms with Crippen LogP contribution in [0.5, 0.6) is 0 Å². The smallest absolute Gasteiger partial charge is 0.294 e. The molecule has 0 fully saturated rings. The van der Waals surface area contributed by atoms with Crippen LogP contribution in [-0.2, 0) is 0 Å². The van der Waals surface area contributed by atoms with Crippen LogP contribution >= 0.6 is 0 Å². The van der Waals surface area contributed by atoms with Crippen LogP contribution in [0.1, 0.15) is 41.0 Å². The number of hydrogen-bond acceptors (Lipinski definition) is 4. The number of Topliss-reactive ketones (excluding diaryl/α,β-unsaturated/α-hetero) is 1. The second-order valence-corrected chi connectivity index (χ2v) is 5.16. The van der Waals surface area contributed by atoms with Crippen LogP contribution in [0.4, 0.5) is 13.2 Å². The molecule has 0 aromatic carbocycles. The molecule has 124 valence electrons. The lowest BCUT2D eigenvalue weighted by atomic mass is 10.1. The number of hydrogen-bond donors (Lipinski definition) is 1. The van der Waals surface area contributed by atoms with Gasteiger partial charge in [-0.3, -0.25) is 14.6 Å². The second kappa shape index (κ2) is 6.35. The average molecular weight is 328 g/mol. The highest BCUT2D eigenvalue weighted by molar-refractivity contribution is 5.96. The summed E-state index contributed by atoms with van der Waals surface area (Å²) in [7, 11) is 0. The van der Waals surface area contributed by atoms with Crippen LogP contribution < -0.4 is 5.56 Å². The Morgan fingerprint density at radius 1 is 1.35 bits per heavy atom. The zero-order chi connectivity index (χ0) is 17.2. The molecule has 0 aliphatic carbocycles. The predicted octanol–water partition coefficient (Wildman–Crippen LogP) is 2.49. The van der Waals surface area contributed by atoms with Crippen molar-refractivity contribution in [2.75, 3.05) is 0 Å². The lowest BCUT2D eigenvalue weighted by Gasteiger charge is -2.06. The van der Waals surface area contributed by atoms with Gasteiger partial charge in [0.1, 0.15) is 0 Å². The van der Waals surface area contributed by atoms with E-state index in [9.17, 15) is 22.8 Å². The van der Waals surface area contributed by atoms with Crippen molar-refractivity contribution in [1.82, 2.24) is 19.7 Å². The standard InChI is InChI=1S/C14H15F3N4O2/c1-8-6-12(23)20-13(19-8)21-9(2)10(7-18-21)11(22)4-3-5-14(15,16)17/h6-7H,3-5H2,1-2H3,(H,19,20,23). The van der Waals surface area contributed by atoms with Crippen LogP contribution in [0.2, 0.25) is 0 Å². The van der Waals surface area contributed by atoms with Crippen molar-refractivity contribution in [1.29, 1.82) is 0 Å². The van der Waals surface area contributed by atoms with Gasteiger partial charge in [-0.25, -0.2) is 9.67 Å². The summed E-state index contributed by atoms with van der Waals surface area (Å²) in [6.07, 6.45) is -4.49. The monoisotopic (exact) mass is 328 g/mol. The summed E-state index contributed by atoms with van der Waals surface area (Å²) >= 11 is 0. The fourth-order valence-corrected chi connectivity index (χ4v) is 2.14. The lowest BCUT2D eigenvalue weighted by Crippen LogP contribution is -2.15. The number of carbonyl (C=O) groups is 1. The number of nitrogens with one attached hydrogen (secondary N) is 1. The number of aromatic amines is 1. The van der Waals surface area contributed by atoms with Crippen molar-refractivity contribution in [3.8, 4) is 5.95 Å². The molecule has 0 saturated heterocycles. The first-order valence-electron chi connectivity index (χ1n) is 6.90. The first-order valence-corrected chi connectivity index (χ1v) is 6.90. The van der Waals surface area contributed by atoms with E-state index in [4.69, 9.17) is 0 Å². The van der Waals surface area contributed by atoms with Gasteiger partial charge < -0.3 is 0 Å². The SMILES string of the molecule is Cc1cc(=O)[nH]c(-n2ncc(C(=O)CCCC(F)(F)F)c2C)n1. The van der Waals surface area contributed by atoms with Gasteiger partial charge in [-0.05, 0) is 20.3 Å². The Morgan fingerprint density at radius 2 is 2.04 bits per heavy atom. The van der Waals surface area contributed by atoms with Gasteiger partial charge in [-0.15, -0.1) is 0 Å². The van der Waals surface area contributed by atoms with Crippen molar-refractivity contribution in [3.63, 3.8) is 0 Å². The Labute approximate surface area is 129 Å². The Hall–Kier alpha value is -2.45. The molecular weight excluding hydrogens is 313 g/mol. The number of aromatic nitrogens is 4. The molecule has 0 aliphatic heterocycles. The molecular formula is C14H15F3N4O2. The van der Waals surface area contributed by atoms with Crippen molar-refractivity contribution >= 4 is 5.78 Å². The summed E-state index contributed by atoms with van der Waals surface area (Å²) in [6, 6.07) is 1.31. The molecule has 2 rings (SSSR count). The molecule has 0 atom stereocenters. The maximum Gasteiger partial charge on any atom is 0.389 e. The minimum absolute atomic E-state index is 0.154. The van der Waals surface area contributed by atoms with Gasteiger partial charge in [-0.2, -0.15) is 18.3 Å². The molecule has 9 heteroatoms. The van der Waals surface area contributed by atoms with Crippen LogP contribution in [-0.4, -0.2) is 31.7 Å². The first kappa shape index (κ1) is 16.9. The number of nitrogens with zero attached hydrogens (tertiary/aromatic N) is 3. The Bertz CT molecular complexity index is 777. The minimum atomic E-state index is -4.27. The molecule has 0 spiro atoms. The molecule has 0 bridgehead atoms. The molecule has 6 nitrogen and oxygen atoms in total. The number of alkyl halides is 3. The number of halogens is 3. The summed E-state index contributed by atoms with van der Waals surface area (Å²) in [5, 5.41) is 3.99. The topological polar surface area (TPSA) is 80.6 Å². The average Bonchev–Trinajstić information content (AvgIpc) is 2.77. The highest BCUT2D eigenvalue weighted by atomic mass is 19.4. The Morgan fingerprint density at radius 3 is 2.65 bits per heavy atom. The van der Waals surface area contributed by atoms with Gasteiger partial charge in [0, 0.05) is 24.6 Å². The van der Waals surface area contributed by atoms with E-state index in [1.54, 1.807) is 13.8 Å². The molecule has 0 aliphatic rings. The molecule has 2 aromatic rings. The van der Waals surface area contributed by atoms with Crippen molar-refractivity contribution in [3.05, 3.63) is 39.6 Å². The van der Waals surface area contributed by atoms with Crippen molar-refractivity contribution < 1.29 is 18.0 Å². The molecule has 0 radical (unpaired) electrons. The van der Waals surface area contributed by atoms with E-state index in [0.29, 0.717) is 11.4 Å². The largest absolute Gasteiger partial charge is 0.389 e.